The van der Waals surface area contributed by atoms with Crippen LogP contribution >= 0.6 is 0 Å². The number of fused-ring (bicyclic) bond motifs is 1. The minimum Gasteiger partial charge on any atom is -0.326 e. The van der Waals surface area contributed by atoms with Gasteiger partial charge in [0.05, 0.1) is 4.90 Å². The van der Waals surface area contributed by atoms with Crippen molar-refractivity contribution in [2.24, 2.45) is 0 Å². The summed E-state index contributed by atoms with van der Waals surface area (Å²) in [7, 11) is -3.53. The van der Waals surface area contributed by atoms with E-state index in [2.05, 4.69) is 10.0 Å². The number of sulfonamides is 1. The highest BCUT2D eigenvalue weighted by molar-refractivity contribution is 7.89. The molecule has 3 rings (SSSR count). The Labute approximate surface area is 135 Å². The maximum absolute atomic E-state index is 12.3. The van der Waals surface area contributed by atoms with Crippen molar-refractivity contribution in [1.82, 2.24) is 4.72 Å². The minimum atomic E-state index is -3.53. The topological polar surface area (TPSA) is 75.3 Å². The van der Waals surface area contributed by atoms with Crippen LogP contribution in [-0.4, -0.2) is 14.3 Å². The van der Waals surface area contributed by atoms with Gasteiger partial charge in [0.1, 0.15) is 0 Å². The average molecular weight is 330 g/mol. The molecular formula is C17H18N2O3S. The smallest absolute Gasteiger partial charge is 0.240 e. The highest BCUT2D eigenvalue weighted by atomic mass is 32.2. The van der Waals surface area contributed by atoms with Crippen molar-refractivity contribution >= 4 is 21.6 Å². The van der Waals surface area contributed by atoms with E-state index in [0.29, 0.717) is 12.8 Å². The summed E-state index contributed by atoms with van der Waals surface area (Å²) in [6.07, 6.45) is 1.14. The zero-order valence-corrected chi connectivity index (χ0v) is 13.6. The van der Waals surface area contributed by atoms with Gasteiger partial charge in [0.15, 0.2) is 0 Å². The standard InChI is InChI=1S/C17H18N2O3S/c1-12-3-2-4-15(9-12)23(21,22)18-11-13-5-7-16-14(10-13)6-8-17(20)19-16/h2-5,7,9-10,18H,6,8,11H2,1H3,(H,19,20). The molecule has 0 saturated heterocycles. The molecule has 1 aliphatic rings. The van der Waals surface area contributed by atoms with E-state index in [4.69, 9.17) is 0 Å². The summed E-state index contributed by atoms with van der Waals surface area (Å²) in [6, 6.07) is 12.4. The predicted octanol–water partition coefficient (Wildman–Crippen LogP) is 2.36. The number of carbonyl (C=O) groups is 1. The first-order chi connectivity index (χ1) is 10.9. The van der Waals surface area contributed by atoms with Crippen molar-refractivity contribution in [1.29, 1.82) is 0 Å². The second-order valence-electron chi connectivity index (χ2n) is 5.68. The van der Waals surface area contributed by atoms with Crippen LogP contribution < -0.4 is 10.0 Å². The molecule has 6 heteroatoms. The van der Waals surface area contributed by atoms with E-state index < -0.39 is 10.0 Å². The molecule has 0 saturated carbocycles. The average Bonchev–Trinajstić information content (AvgIpc) is 2.53. The summed E-state index contributed by atoms with van der Waals surface area (Å²) < 4.78 is 27.3. The molecule has 2 aromatic carbocycles. The highest BCUT2D eigenvalue weighted by Gasteiger charge is 2.16. The van der Waals surface area contributed by atoms with E-state index in [9.17, 15) is 13.2 Å². The van der Waals surface area contributed by atoms with Gasteiger partial charge in [0.2, 0.25) is 15.9 Å². The van der Waals surface area contributed by atoms with E-state index >= 15 is 0 Å². The molecule has 0 spiro atoms. The molecule has 0 unspecified atom stereocenters. The third kappa shape index (κ3) is 3.60. The van der Waals surface area contributed by atoms with Gasteiger partial charge in [-0.05, 0) is 48.2 Å². The van der Waals surface area contributed by atoms with Gasteiger partial charge in [-0.2, -0.15) is 0 Å². The van der Waals surface area contributed by atoms with E-state index in [1.165, 1.54) is 0 Å². The molecule has 1 amide bonds. The Bertz CT molecular complexity index is 860. The van der Waals surface area contributed by atoms with Gasteiger partial charge in [-0.1, -0.05) is 24.3 Å². The van der Waals surface area contributed by atoms with Crippen LogP contribution in [0.5, 0.6) is 0 Å². The molecule has 0 fully saturated rings. The van der Waals surface area contributed by atoms with Gasteiger partial charge in [-0.15, -0.1) is 0 Å². The van der Waals surface area contributed by atoms with Crippen molar-refractivity contribution in [3.63, 3.8) is 0 Å². The Kier molecular flexibility index (Phi) is 4.19. The lowest BCUT2D eigenvalue weighted by molar-refractivity contribution is -0.116. The number of amides is 1. The predicted molar refractivity (Wildman–Crippen MR) is 88.6 cm³/mol. The van der Waals surface area contributed by atoms with Gasteiger partial charge in [0.25, 0.3) is 0 Å². The highest BCUT2D eigenvalue weighted by Crippen LogP contribution is 2.23. The SMILES string of the molecule is Cc1cccc(S(=O)(=O)NCc2ccc3c(c2)CCC(=O)N3)c1. The molecule has 5 nitrogen and oxygen atoms in total. The van der Waals surface area contributed by atoms with Gasteiger partial charge in [-0.25, -0.2) is 13.1 Å². The van der Waals surface area contributed by atoms with Crippen LogP contribution in [0.4, 0.5) is 5.69 Å². The molecule has 120 valence electrons. The van der Waals surface area contributed by atoms with Crippen LogP contribution in [-0.2, 0) is 27.8 Å². The van der Waals surface area contributed by atoms with Crippen molar-refractivity contribution in [2.75, 3.05) is 5.32 Å². The number of benzene rings is 2. The van der Waals surface area contributed by atoms with Gasteiger partial charge >= 0.3 is 0 Å². The van der Waals surface area contributed by atoms with E-state index in [1.807, 2.05) is 31.2 Å². The maximum atomic E-state index is 12.3. The Morgan fingerprint density at radius 3 is 2.74 bits per heavy atom. The summed E-state index contributed by atoms with van der Waals surface area (Å²) in [6.45, 7) is 2.08. The number of hydrogen-bond donors (Lipinski definition) is 2. The van der Waals surface area contributed by atoms with Gasteiger partial charge in [-0.3, -0.25) is 4.79 Å². The first-order valence-corrected chi connectivity index (χ1v) is 8.90. The largest absolute Gasteiger partial charge is 0.326 e. The summed E-state index contributed by atoms with van der Waals surface area (Å²) in [4.78, 5) is 11.6. The lowest BCUT2D eigenvalue weighted by Crippen LogP contribution is -2.24. The number of aryl methyl sites for hydroxylation is 2. The number of anilines is 1. The maximum Gasteiger partial charge on any atom is 0.240 e. The zero-order valence-electron chi connectivity index (χ0n) is 12.8. The summed E-state index contributed by atoms with van der Waals surface area (Å²) in [5, 5.41) is 2.81. The quantitative estimate of drug-likeness (QED) is 0.903. The summed E-state index contributed by atoms with van der Waals surface area (Å²) in [5.41, 5.74) is 3.62. The third-order valence-electron chi connectivity index (χ3n) is 3.83. The minimum absolute atomic E-state index is 0.0189. The lowest BCUT2D eigenvalue weighted by Gasteiger charge is -2.17. The van der Waals surface area contributed by atoms with Crippen LogP contribution in [0.25, 0.3) is 0 Å². The van der Waals surface area contributed by atoms with Crippen LogP contribution in [0.15, 0.2) is 47.4 Å². The van der Waals surface area contributed by atoms with E-state index in [0.717, 1.165) is 22.4 Å². The zero-order chi connectivity index (χ0) is 16.4. The van der Waals surface area contributed by atoms with Gasteiger partial charge < -0.3 is 5.32 Å². The first kappa shape index (κ1) is 15.7. The Morgan fingerprint density at radius 2 is 1.96 bits per heavy atom. The van der Waals surface area contributed by atoms with Crippen molar-refractivity contribution < 1.29 is 13.2 Å². The number of rotatable bonds is 4. The van der Waals surface area contributed by atoms with Crippen LogP contribution in [0.3, 0.4) is 0 Å². The Hall–Kier alpha value is -2.18. The molecule has 0 aromatic heterocycles. The van der Waals surface area contributed by atoms with E-state index in [1.54, 1.807) is 18.2 Å². The fourth-order valence-corrected chi connectivity index (χ4v) is 3.71. The molecular weight excluding hydrogens is 312 g/mol. The molecule has 0 bridgehead atoms. The van der Waals surface area contributed by atoms with Crippen LogP contribution in [0.2, 0.25) is 0 Å². The lowest BCUT2D eigenvalue weighted by atomic mass is 10.0. The summed E-state index contributed by atoms with van der Waals surface area (Å²) in [5.74, 6) is 0.0189. The molecule has 0 atom stereocenters. The second-order valence-corrected chi connectivity index (χ2v) is 7.45. The van der Waals surface area contributed by atoms with Crippen molar-refractivity contribution in [3.8, 4) is 0 Å². The molecule has 1 heterocycles. The van der Waals surface area contributed by atoms with Crippen molar-refractivity contribution in [3.05, 3.63) is 59.2 Å². The number of nitrogens with one attached hydrogen (secondary N) is 2. The second kappa shape index (κ2) is 6.14. The van der Waals surface area contributed by atoms with Gasteiger partial charge in [0, 0.05) is 18.7 Å². The number of carbonyl (C=O) groups excluding carboxylic acids is 1. The normalized spacial score (nSPS) is 14.2. The van der Waals surface area contributed by atoms with Crippen LogP contribution in [0, 0.1) is 6.92 Å². The summed E-state index contributed by atoms with van der Waals surface area (Å²) >= 11 is 0. The first-order valence-electron chi connectivity index (χ1n) is 7.42. The molecule has 0 radical (unpaired) electrons. The van der Waals surface area contributed by atoms with Crippen molar-refractivity contribution in [2.45, 2.75) is 31.2 Å². The van der Waals surface area contributed by atoms with E-state index in [-0.39, 0.29) is 17.3 Å². The monoisotopic (exact) mass is 330 g/mol. The molecule has 2 aromatic rings. The fraction of sp³-hybridized carbons (Fsp3) is 0.235. The Morgan fingerprint density at radius 1 is 1.13 bits per heavy atom. The molecule has 0 aliphatic carbocycles. The Balaban J connectivity index is 1.74. The third-order valence-corrected chi connectivity index (χ3v) is 5.23. The number of hydrogen-bond acceptors (Lipinski definition) is 3. The molecule has 2 N–H and O–H groups in total. The molecule has 1 aliphatic heterocycles. The fourth-order valence-electron chi connectivity index (χ4n) is 2.59. The van der Waals surface area contributed by atoms with Crippen LogP contribution in [0.1, 0.15) is 23.1 Å². The molecule has 23 heavy (non-hydrogen) atoms.